The summed E-state index contributed by atoms with van der Waals surface area (Å²) in [7, 11) is 0. The number of rotatable bonds is 13. The van der Waals surface area contributed by atoms with E-state index in [0.29, 0.717) is 22.8 Å². The lowest BCUT2D eigenvalue weighted by molar-refractivity contribution is 0.112. The molecule has 0 aromatic heterocycles. The van der Waals surface area contributed by atoms with Crippen LogP contribution in [0.25, 0.3) is 0 Å². The van der Waals surface area contributed by atoms with E-state index >= 15 is 0 Å². The van der Waals surface area contributed by atoms with Gasteiger partial charge in [0.15, 0.2) is 0 Å². The third-order valence-electron chi connectivity index (χ3n) is 6.20. The van der Waals surface area contributed by atoms with E-state index in [1.165, 1.54) is 0 Å². The van der Waals surface area contributed by atoms with E-state index < -0.39 is 0 Å². The number of carbonyl (C=O) groups excluding carboxylic acids is 1. The van der Waals surface area contributed by atoms with Gasteiger partial charge in [-0.25, -0.2) is 4.39 Å². The highest BCUT2D eigenvalue weighted by molar-refractivity contribution is 6.02. The number of anilines is 1. The molecule has 1 unspecified atom stereocenters. The molecule has 33 heavy (non-hydrogen) atoms. The maximum Gasteiger partial charge on any atom is 0.150 e. The van der Waals surface area contributed by atoms with Gasteiger partial charge in [-0.1, -0.05) is 69.6 Å². The molecule has 0 saturated carbocycles. The fraction of sp³-hybridized carbons (Fsp3) is 0.517. The number of allylic oxidation sites excluding steroid dienone is 4. The molecule has 0 bridgehead atoms. The summed E-state index contributed by atoms with van der Waals surface area (Å²) in [6, 6.07) is 5.38. The van der Waals surface area contributed by atoms with Crippen molar-refractivity contribution in [3.63, 3.8) is 0 Å². The Morgan fingerprint density at radius 3 is 2.73 bits per heavy atom. The van der Waals surface area contributed by atoms with E-state index in [0.717, 1.165) is 93.9 Å². The molecular formula is C29H39FN2O. The molecule has 1 aliphatic rings. The summed E-state index contributed by atoms with van der Waals surface area (Å²) in [5, 5.41) is 11.3. The molecule has 0 aliphatic heterocycles. The van der Waals surface area contributed by atoms with Crippen molar-refractivity contribution in [3.05, 3.63) is 52.4 Å². The van der Waals surface area contributed by atoms with Gasteiger partial charge >= 0.3 is 0 Å². The van der Waals surface area contributed by atoms with Crippen LogP contribution in [0.3, 0.4) is 0 Å². The van der Waals surface area contributed by atoms with Crippen LogP contribution in [0.2, 0.25) is 0 Å². The number of carbonyl (C=O) groups is 1. The first-order chi connectivity index (χ1) is 16.0. The molecule has 178 valence electrons. The van der Waals surface area contributed by atoms with Crippen molar-refractivity contribution in [2.45, 2.75) is 85.0 Å². The number of benzene rings is 1. The van der Waals surface area contributed by atoms with Crippen molar-refractivity contribution in [1.29, 1.82) is 5.41 Å². The summed E-state index contributed by atoms with van der Waals surface area (Å²) in [5.41, 5.74) is 4.36. The second kappa shape index (κ2) is 14.5. The highest BCUT2D eigenvalue weighted by Gasteiger charge is 2.19. The summed E-state index contributed by atoms with van der Waals surface area (Å²) in [4.78, 5) is 11.0. The third-order valence-corrected chi connectivity index (χ3v) is 6.20. The number of hydrogen-bond acceptors (Lipinski definition) is 3. The van der Waals surface area contributed by atoms with Crippen LogP contribution in [0.15, 0.2) is 41.2 Å². The Kier molecular flexibility index (Phi) is 11.7. The van der Waals surface area contributed by atoms with Crippen LogP contribution in [0.4, 0.5) is 10.1 Å². The summed E-state index contributed by atoms with van der Waals surface area (Å²) < 4.78 is 14.7. The lowest BCUT2D eigenvalue weighted by atomic mass is 9.87. The minimum absolute atomic E-state index is 0.0674. The van der Waals surface area contributed by atoms with Crippen molar-refractivity contribution < 1.29 is 9.18 Å². The largest absolute Gasteiger partial charge is 0.384 e. The molecular weight excluding hydrogens is 411 g/mol. The van der Waals surface area contributed by atoms with E-state index in [1.807, 2.05) is 18.2 Å². The lowest BCUT2D eigenvalue weighted by Crippen LogP contribution is -2.07. The van der Waals surface area contributed by atoms with Crippen molar-refractivity contribution in [3.8, 4) is 11.8 Å². The number of unbranched alkanes of at least 4 members (excludes halogenated alkanes) is 5. The van der Waals surface area contributed by atoms with Gasteiger partial charge < -0.3 is 10.7 Å². The van der Waals surface area contributed by atoms with Crippen LogP contribution >= 0.6 is 0 Å². The molecule has 0 fully saturated rings. The smallest absolute Gasteiger partial charge is 0.150 e. The fourth-order valence-electron chi connectivity index (χ4n) is 4.28. The topological polar surface area (TPSA) is 53.0 Å². The van der Waals surface area contributed by atoms with Gasteiger partial charge in [-0.2, -0.15) is 0 Å². The van der Waals surface area contributed by atoms with Gasteiger partial charge in [0.1, 0.15) is 12.1 Å². The predicted molar refractivity (Wildman–Crippen MR) is 138 cm³/mol. The summed E-state index contributed by atoms with van der Waals surface area (Å²) in [5.74, 6) is 6.49. The normalized spacial score (nSPS) is 14.2. The average molecular weight is 451 g/mol. The number of halogens is 1. The molecule has 1 aromatic rings. The van der Waals surface area contributed by atoms with Crippen molar-refractivity contribution >= 4 is 17.7 Å². The van der Waals surface area contributed by atoms with Gasteiger partial charge in [0, 0.05) is 35.5 Å². The first kappa shape index (κ1) is 26.6. The van der Waals surface area contributed by atoms with Gasteiger partial charge in [0.05, 0.1) is 5.57 Å². The third kappa shape index (κ3) is 8.65. The van der Waals surface area contributed by atoms with Crippen LogP contribution in [0, 0.1) is 23.2 Å². The second-order valence-electron chi connectivity index (χ2n) is 8.98. The van der Waals surface area contributed by atoms with Crippen molar-refractivity contribution in [1.82, 2.24) is 0 Å². The molecule has 2 N–H and O–H groups in total. The molecule has 4 heteroatoms. The van der Waals surface area contributed by atoms with Crippen LogP contribution in [0.5, 0.6) is 0 Å². The van der Waals surface area contributed by atoms with E-state index in [-0.39, 0.29) is 5.83 Å². The Morgan fingerprint density at radius 1 is 1.24 bits per heavy atom. The maximum absolute atomic E-state index is 14.7. The molecule has 3 nitrogen and oxygen atoms in total. The molecule has 1 aliphatic carbocycles. The molecule has 0 spiro atoms. The molecule has 0 radical (unpaired) electrons. The monoisotopic (exact) mass is 450 g/mol. The zero-order chi connectivity index (χ0) is 24.1. The molecule has 0 heterocycles. The highest BCUT2D eigenvalue weighted by atomic mass is 19.1. The Hall–Kier alpha value is -2.67. The minimum Gasteiger partial charge on any atom is -0.384 e. The lowest BCUT2D eigenvalue weighted by Gasteiger charge is -2.19. The summed E-state index contributed by atoms with van der Waals surface area (Å²) >= 11 is 0. The zero-order valence-corrected chi connectivity index (χ0v) is 20.5. The predicted octanol–water partition coefficient (Wildman–Crippen LogP) is 8.02. The molecule has 1 aromatic carbocycles. The van der Waals surface area contributed by atoms with Crippen LogP contribution in [0.1, 0.15) is 101 Å². The van der Waals surface area contributed by atoms with Gasteiger partial charge in [-0.3, -0.25) is 4.79 Å². The Bertz CT molecular complexity index is 933. The minimum atomic E-state index is -0.0674. The summed E-state index contributed by atoms with van der Waals surface area (Å²) in [6.45, 7) is 6.85. The van der Waals surface area contributed by atoms with E-state index in [4.69, 9.17) is 5.41 Å². The van der Waals surface area contributed by atoms with E-state index in [9.17, 15) is 9.18 Å². The van der Waals surface area contributed by atoms with Gasteiger partial charge in [-0.15, -0.1) is 0 Å². The molecule has 2 rings (SSSR count). The Morgan fingerprint density at radius 2 is 2.00 bits per heavy atom. The Labute approximate surface area is 199 Å². The van der Waals surface area contributed by atoms with E-state index in [1.54, 1.807) is 13.0 Å². The van der Waals surface area contributed by atoms with Crippen LogP contribution in [-0.4, -0.2) is 18.5 Å². The van der Waals surface area contributed by atoms with Crippen LogP contribution in [-0.2, 0) is 0 Å². The van der Waals surface area contributed by atoms with Gasteiger partial charge in [0.25, 0.3) is 0 Å². The number of hydrogen-bond donors (Lipinski definition) is 2. The molecule has 0 saturated heterocycles. The zero-order valence-electron chi connectivity index (χ0n) is 20.5. The summed E-state index contributed by atoms with van der Waals surface area (Å²) in [6.07, 6.45) is 12.9. The maximum atomic E-state index is 14.7. The highest BCUT2D eigenvalue weighted by Crippen LogP contribution is 2.33. The first-order valence-corrected chi connectivity index (χ1v) is 12.4. The van der Waals surface area contributed by atoms with E-state index in [2.05, 4.69) is 31.0 Å². The first-order valence-electron chi connectivity index (χ1n) is 12.4. The fourth-order valence-corrected chi connectivity index (χ4v) is 4.28. The molecule has 1 atom stereocenters. The van der Waals surface area contributed by atoms with Gasteiger partial charge in [-0.05, 0) is 56.6 Å². The SMILES string of the molecule is CCCC(C)C1=C(F)C(C#CCCCCCCCNc2cc(C=O)ccc2C(C)=N)=CCC1. The average Bonchev–Trinajstić information content (AvgIpc) is 2.81. The number of aldehydes is 1. The van der Waals surface area contributed by atoms with Crippen LogP contribution < -0.4 is 5.32 Å². The second-order valence-corrected chi connectivity index (χ2v) is 8.98. The quantitative estimate of drug-likeness (QED) is 0.138. The Balaban J connectivity index is 1.66. The van der Waals surface area contributed by atoms with Crippen molar-refractivity contribution in [2.75, 3.05) is 11.9 Å². The van der Waals surface area contributed by atoms with Crippen molar-refractivity contribution in [2.24, 2.45) is 5.92 Å². The molecule has 0 amide bonds. The van der Waals surface area contributed by atoms with Gasteiger partial charge in [0.2, 0.25) is 0 Å². The standard InChI is InChI=1S/C29H39FN2O/c1-4-13-22(2)26-16-12-15-25(29(26)30)14-10-8-6-5-7-9-11-19-32-28-20-24(21-33)17-18-27(28)23(3)31/h15,17-18,20-22,31-32H,4-9,11-13,16,19H2,1-3H3. The number of nitrogens with one attached hydrogen (secondary N) is 2.